The minimum absolute atomic E-state index is 0.0634. The maximum Gasteiger partial charge on any atom is 0.282 e. The molecule has 2 heterocycles. The quantitative estimate of drug-likeness (QED) is 0.647. The van der Waals surface area contributed by atoms with Gasteiger partial charge in [0, 0.05) is 13.1 Å². The molecule has 0 saturated carbocycles. The lowest BCUT2D eigenvalue weighted by molar-refractivity contribution is -0.121. The van der Waals surface area contributed by atoms with Crippen molar-refractivity contribution in [2.45, 2.75) is 39.9 Å². The lowest BCUT2D eigenvalue weighted by atomic mass is 10.0. The molecular formula is C26H30N2O5. The molecule has 174 valence electrons. The fraction of sp³-hybridized carbons (Fsp3) is 0.385. The number of ether oxygens (including phenoxy) is 3. The minimum atomic E-state index is -0.350. The third kappa shape index (κ3) is 4.09. The number of hydrogen-bond donors (Lipinski definition) is 0. The van der Waals surface area contributed by atoms with Crippen molar-refractivity contribution in [3.05, 3.63) is 58.8 Å². The van der Waals surface area contributed by atoms with Crippen LogP contribution in [0.2, 0.25) is 0 Å². The number of benzene rings is 2. The Morgan fingerprint density at radius 1 is 0.848 bits per heavy atom. The second-order valence-electron chi connectivity index (χ2n) is 8.67. The van der Waals surface area contributed by atoms with Crippen molar-refractivity contribution in [3.63, 3.8) is 0 Å². The highest BCUT2D eigenvalue weighted by Crippen LogP contribution is 2.39. The van der Waals surface area contributed by atoms with Gasteiger partial charge in [-0.1, -0.05) is 12.1 Å². The molecule has 0 bridgehead atoms. The highest BCUT2D eigenvalue weighted by Gasteiger charge is 2.44. The van der Waals surface area contributed by atoms with Gasteiger partial charge in [0.25, 0.3) is 11.8 Å². The Bertz CT molecular complexity index is 1130. The van der Waals surface area contributed by atoms with Gasteiger partial charge >= 0.3 is 0 Å². The molecule has 7 heteroatoms. The van der Waals surface area contributed by atoms with E-state index >= 15 is 0 Å². The Morgan fingerprint density at radius 2 is 1.52 bits per heavy atom. The minimum Gasteiger partial charge on any atom is -0.493 e. The molecule has 2 unspecified atom stereocenters. The number of carbonyl (C=O) groups excluding carboxylic acids is 2. The number of aryl methyl sites for hydroxylation is 2. The van der Waals surface area contributed by atoms with E-state index in [9.17, 15) is 9.59 Å². The topological polar surface area (TPSA) is 68.3 Å². The summed E-state index contributed by atoms with van der Waals surface area (Å²) in [6.07, 6.45) is -0.127. The molecule has 1 saturated heterocycles. The lowest BCUT2D eigenvalue weighted by Gasteiger charge is -2.37. The van der Waals surface area contributed by atoms with E-state index in [-0.39, 0.29) is 24.0 Å². The molecular weight excluding hydrogens is 420 g/mol. The van der Waals surface area contributed by atoms with Gasteiger partial charge < -0.3 is 19.1 Å². The zero-order valence-corrected chi connectivity index (χ0v) is 20.0. The maximum atomic E-state index is 13.8. The number of rotatable bonds is 5. The second-order valence-corrected chi connectivity index (χ2v) is 8.67. The highest BCUT2D eigenvalue weighted by molar-refractivity contribution is 6.45. The van der Waals surface area contributed by atoms with Crippen LogP contribution in [0.3, 0.4) is 0 Å². The van der Waals surface area contributed by atoms with E-state index in [0.29, 0.717) is 47.1 Å². The Hall–Kier alpha value is -3.32. The largest absolute Gasteiger partial charge is 0.493 e. The Labute approximate surface area is 194 Å². The number of amides is 2. The number of carbonyl (C=O) groups is 2. The summed E-state index contributed by atoms with van der Waals surface area (Å²) in [6, 6.07) is 10.9. The zero-order valence-electron chi connectivity index (χ0n) is 20.0. The number of nitrogens with zero attached hydrogens (tertiary/aromatic N) is 2. The summed E-state index contributed by atoms with van der Waals surface area (Å²) in [5.74, 6) is 0.377. The predicted molar refractivity (Wildman–Crippen MR) is 126 cm³/mol. The van der Waals surface area contributed by atoms with E-state index in [0.717, 1.165) is 11.1 Å². The molecule has 2 aromatic carbocycles. The molecule has 0 spiro atoms. The van der Waals surface area contributed by atoms with Crippen LogP contribution in [-0.4, -0.2) is 56.2 Å². The lowest BCUT2D eigenvalue weighted by Crippen LogP contribution is -2.47. The van der Waals surface area contributed by atoms with Gasteiger partial charge in [-0.05, 0) is 68.7 Å². The zero-order chi connectivity index (χ0) is 23.9. The molecule has 2 aliphatic heterocycles. The monoisotopic (exact) mass is 450 g/mol. The third-order valence-electron chi connectivity index (χ3n) is 6.22. The highest BCUT2D eigenvalue weighted by atomic mass is 16.5. The van der Waals surface area contributed by atoms with E-state index in [4.69, 9.17) is 14.2 Å². The van der Waals surface area contributed by atoms with Crippen LogP contribution in [0, 0.1) is 13.8 Å². The van der Waals surface area contributed by atoms with Gasteiger partial charge in [0.2, 0.25) is 0 Å². The molecule has 0 aliphatic carbocycles. The van der Waals surface area contributed by atoms with Crippen molar-refractivity contribution in [3.8, 4) is 11.5 Å². The fourth-order valence-corrected chi connectivity index (χ4v) is 4.52. The van der Waals surface area contributed by atoms with Gasteiger partial charge in [-0.3, -0.25) is 9.59 Å². The van der Waals surface area contributed by atoms with Crippen LogP contribution in [0.25, 0.3) is 5.57 Å². The Morgan fingerprint density at radius 3 is 2.12 bits per heavy atom. The molecule has 2 aliphatic rings. The second kappa shape index (κ2) is 8.90. The molecule has 0 N–H and O–H groups in total. The average molecular weight is 451 g/mol. The Kier molecular flexibility index (Phi) is 6.17. The van der Waals surface area contributed by atoms with Gasteiger partial charge in [0.05, 0.1) is 37.7 Å². The summed E-state index contributed by atoms with van der Waals surface area (Å²) in [6.45, 7) is 8.97. The van der Waals surface area contributed by atoms with Gasteiger partial charge in [-0.2, -0.15) is 0 Å². The van der Waals surface area contributed by atoms with E-state index in [2.05, 4.69) is 0 Å². The van der Waals surface area contributed by atoms with Crippen molar-refractivity contribution in [2.24, 2.45) is 0 Å². The summed E-state index contributed by atoms with van der Waals surface area (Å²) in [4.78, 5) is 30.9. The SMILES string of the molecule is COc1ccc(C2=C(N3CC(C)OC(C)C3)C(=O)N(c3ccc(C)c(C)c3)C2=O)cc1OC. The standard InChI is InChI=1S/C26H30N2O5/c1-15-7-9-20(11-16(15)2)28-25(29)23(19-8-10-21(31-5)22(12-19)32-6)24(26(28)30)27-13-17(3)33-18(4)14-27/h7-12,17-18H,13-14H2,1-6H3. The number of morpholine rings is 1. The third-order valence-corrected chi connectivity index (χ3v) is 6.22. The fourth-order valence-electron chi connectivity index (χ4n) is 4.52. The van der Waals surface area contributed by atoms with Crippen LogP contribution in [0.4, 0.5) is 5.69 Å². The van der Waals surface area contributed by atoms with Crippen molar-refractivity contribution >= 4 is 23.1 Å². The van der Waals surface area contributed by atoms with Gasteiger partial charge in [-0.15, -0.1) is 0 Å². The van der Waals surface area contributed by atoms with Crippen LogP contribution >= 0.6 is 0 Å². The molecule has 1 fully saturated rings. The first-order valence-corrected chi connectivity index (χ1v) is 11.1. The van der Waals surface area contributed by atoms with Crippen LogP contribution in [0.1, 0.15) is 30.5 Å². The van der Waals surface area contributed by atoms with Crippen LogP contribution in [-0.2, 0) is 14.3 Å². The predicted octanol–water partition coefficient (Wildman–Crippen LogP) is 3.71. The van der Waals surface area contributed by atoms with Crippen molar-refractivity contribution in [1.82, 2.24) is 4.90 Å². The van der Waals surface area contributed by atoms with Gasteiger partial charge in [0.15, 0.2) is 11.5 Å². The molecule has 0 radical (unpaired) electrons. The van der Waals surface area contributed by atoms with Gasteiger partial charge in [0.1, 0.15) is 5.70 Å². The van der Waals surface area contributed by atoms with Crippen LogP contribution in [0.5, 0.6) is 11.5 Å². The van der Waals surface area contributed by atoms with E-state index in [1.807, 2.05) is 50.8 Å². The van der Waals surface area contributed by atoms with Crippen LogP contribution < -0.4 is 14.4 Å². The molecule has 7 nitrogen and oxygen atoms in total. The number of anilines is 1. The first kappa shape index (κ1) is 22.9. The van der Waals surface area contributed by atoms with E-state index in [1.54, 1.807) is 32.4 Å². The summed E-state index contributed by atoms with van der Waals surface area (Å²) < 4.78 is 16.7. The number of methoxy groups -OCH3 is 2. The number of imide groups is 1. The average Bonchev–Trinajstić information content (AvgIpc) is 3.04. The van der Waals surface area contributed by atoms with Crippen molar-refractivity contribution < 1.29 is 23.8 Å². The number of hydrogen-bond acceptors (Lipinski definition) is 6. The molecule has 33 heavy (non-hydrogen) atoms. The van der Waals surface area contributed by atoms with Crippen molar-refractivity contribution in [2.75, 3.05) is 32.2 Å². The maximum absolute atomic E-state index is 13.8. The first-order valence-electron chi connectivity index (χ1n) is 11.1. The first-order chi connectivity index (χ1) is 15.7. The van der Waals surface area contributed by atoms with E-state index < -0.39 is 0 Å². The summed E-state index contributed by atoms with van der Waals surface area (Å²) in [5.41, 5.74) is 4.05. The molecule has 4 rings (SSSR count). The smallest absolute Gasteiger partial charge is 0.282 e. The molecule has 2 amide bonds. The summed E-state index contributed by atoms with van der Waals surface area (Å²) in [5, 5.41) is 0. The molecule has 2 aromatic rings. The normalized spacial score (nSPS) is 21.2. The summed E-state index contributed by atoms with van der Waals surface area (Å²) >= 11 is 0. The van der Waals surface area contributed by atoms with Crippen LogP contribution in [0.15, 0.2) is 42.1 Å². The molecule has 0 aromatic heterocycles. The molecule has 2 atom stereocenters. The van der Waals surface area contributed by atoms with Crippen molar-refractivity contribution in [1.29, 1.82) is 0 Å². The van der Waals surface area contributed by atoms with E-state index in [1.165, 1.54) is 4.90 Å². The Balaban J connectivity index is 1.87. The summed E-state index contributed by atoms with van der Waals surface area (Å²) in [7, 11) is 3.11. The van der Waals surface area contributed by atoms with Gasteiger partial charge in [-0.25, -0.2) is 4.90 Å².